The average molecular weight is 256 g/mol. The van der Waals surface area contributed by atoms with Crippen molar-refractivity contribution in [3.63, 3.8) is 0 Å². The summed E-state index contributed by atoms with van der Waals surface area (Å²) < 4.78 is 5.36. The second-order valence-corrected chi connectivity index (χ2v) is 4.62. The average Bonchev–Trinajstić information content (AvgIpc) is 3.31. The second-order valence-electron chi connectivity index (χ2n) is 4.62. The summed E-state index contributed by atoms with van der Waals surface area (Å²) >= 11 is 0. The van der Waals surface area contributed by atoms with Crippen LogP contribution in [0.25, 0.3) is 11.4 Å². The van der Waals surface area contributed by atoms with Gasteiger partial charge in [-0.1, -0.05) is 12.1 Å². The monoisotopic (exact) mass is 256 g/mol. The van der Waals surface area contributed by atoms with Crippen molar-refractivity contribution in [1.82, 2.24) is 9.97 Å². The number of rotatable bonds is 4. The lowest BCUT2D eigenvalue weighted by Crippen LogP contribution is -2.10. The van der Waals surface area contributed by atoms with E-state index in [4.69, 9.17) is 10.6 Å². The van der Waals surface area contributed by atoms with E-state index >= 15 is 0 Å². The Morgan fingerprint density at radius 2 is 2.05 bits per heavy atom. The van der Waals surface area contributed by atoms with Crippen molar-refractivity contribution in [2.24, 2.45) is 5.84 Å². The van der Waals surface area contributed by atoms with Crippen LogP contribution in [0, 0.1) is 0 Å². The van der Waals surface area contributed by atoms with E-state index in [2.05, 4.69) is 15.4 Å². The number of anilines is 1. The zero-order chi connectivity index (χ0) is 13.2. The number of benzene rings is 1. The summed E-state index contributed by atoms with van der Waals surface area (Å²) in [7, 11) is 1.64. The van der Waals surface area contributed by atoms with Gasteiger partial charge in [0.25, 0.3) is 0 Å². The van der Waals surface area contributed by atoms with Crippen LogP contribution in [0.2, 0.25) is 0 Å². The second kappa shape index (κ2) is 4.85. The summed E-state index contributed by atoms with van der Waals surface area (Å²) in [5.41, 5.74) is 4.53. The molecule has 1 aromatic heterocycles. The molecular formula is C14H16N4O. The number of nitrogens with zero attached hydrogens (tertiary/aromatic N) is 2. The van der Waals surface area contributed by atoms with Gasteiger partial charge in [0, 0.05) is 17.7 Å². The number of hydrazine groups is 1. The highest BCUT2D eigenvalue weighted by molar-refractivity contribution is 5.65. The molecule has 1 aliphatic rings. The Morgan fingerprint density at radius 3 is 2.74 bits per heavy atom. The Kier molecular flexibility index (Phi) is 3.05. The summed E-state index contributed by atoms with van der Waals surface area (Å²) in [6.45, 7) is 0. The lowest BCUT2D eigenvalue weighted by molar-refractivity contribution is 0.416. The first-order chi connectivity index (χ1) is 9.31. The summed E-state index contributed by atoms with van der Waals surface area (Å²) in [5, 5.41) is 0. The first kappa shape index (κ1) is 11.9. The number of hydrogen-bond acceptors (Lipinski definition) is 5. The van der Waals surface area contributed by atoms with E-state index in [-0.39, 0.29) is 0 Å². The summed E-state index contributed by atoms with van der Waals surface area (Å²) in [6, 6.07) is 9.63. The standard InChI is InChI=1S/C14H16N4O/c1-19-12-5-3-2-4-10(12)14-16-11(9-6-7-9)8-13(17-14)18-15/h2-5,8-9H,6-7,15H2,1H3,(H,16,17,18). The molecule has 0 bridgehead atoms. The summed E-state index contributed by atoms with van der Waals surface area (Å²) in [5.74, 6) is 8.08. The molecule has 0 atom stereocenters. The van der Waals surface area contributed by atoms with E-state index in [1.165, 1.54) is 12.8 Å². The van der Waals surface area contributed by atoms with E-state index in [0.717, 1.165) is 17.0 Å². The van der Waals surface area contributed by atoms with Gasteiger partial charge in [0.2, 0.25) is 0 Å². The molecular weight excluding hydrogens is 240 g/mol. The molecule has 0 saturated heterocycles. The quantitative estimate of drug-likeness (QED) is 0.648. The molecule has 3 N–H and O–H groups in total. The fraction of sp³-hybridized carbons (Fsp3) is 0.286. The molecule has 3 rings (SSSR count). The minimum absolute atomic E-state index is 0.545. The fourth-order valence-electron chi connectivity index (χ4n) is 2.08. The molecule has 0 amide bonds. The van der Waals surface area contributed by atoms with Crippen LogP contribution in [-0.4, -0.2) is 17.1 Å². The Hall–Kier alpha value is -2.14. The van der Waals surface area contributed by atoms with Gasteiger partial charge < -0.3 is 10.2 Å². The lowest BCUT2D eigenvalue weighted by atomic mass is 10.1. The van der Waals surface area contributed by atoms with E-state index in [1.54, 1.807) is 7.11 Å². The van der Waals surface area contributed by atoms with E-state index in [1.807, 2.05) is 30.3 Å². The van der Waals surface area contributed by atoms with Crippen molar-refractivity contribution >= 4 is 5.82 Å². The molecule has 1 aliphatic carbocycles. The van der Waals surface area contributed by atoms with Crippen LogP contribution in [0.1, 0.15) is 24.5 Å². The van der Waals surface area contributed by atoms with Crippen molar-refractivity contribution in [2.75, 3.05) is 12.5 Å². The van der Waals surface area contributed by atoms with Gasteiger partial charge in [-0.25, -0.2) is 15.8 Å². The number of para-hydroxylation sites is 1. The van der Waals surface area contributed by atoms with Gasteiger partial charge in [0.05, 0.1) is 12.7 Å². The van der Waals surface area contributed by atoms with Gasteiger partial charge in [0.15, 0.2) is 5.82 Å². The smallest absolute Gasteiger partial charge is 0.165 e. The number of hydrogen-bond donors (Lipinski definition) is 2. The van der Waals surface area contributed by atoms with Crippen LogP contribution in [0.3, 0.4) is 0 Å². The summed E-state index contributed by atoms with van der Waals surface area (Å²) in [6.07, 6.45) is 2.37. The molecule has 2 aromatic rings. The molecule has 0 spiro atoms. The molecule has 19 heavy (non-hydrogen) atoms. The normalized spacial score (nSPS) is 14.2. The number of methoxy groups -OCH3 is 1. The number of nitrogen functional groups attached to an aromatic ring is 1. The Bertz CT molecular complexity index is 596. The number of nitrogens with one attached hydrogen (secondary N) is 1. The number of aromatic nitrogens is 2. The van der Waals surface area contributed by atoms with Crippen molar-refractivity contribution in [3.8, 4) is 17.1 Å². The minimum Gasteiger partial charge on any atom is -0.496 e. The van der Waals surface area contributed by atoms with Crippen LogP contribution in [0.4, 0.5) is 5.82 Å². The zero-order valence-corrected chi connectivity index (χ0v) is 10.8. The van der Waals surface area contributed by atoms with Crippen LogP contribution in [-0.2, 0) is 0 Å². The van der Waals surface area contributed by atoms with E-state index in [9.17, 15) is 0 Å². The predicted octanol–water partition coefficient (Wildman–Crippen LogP) is 2.32. The van der Waals surface area contributed by atoms with Crippen LogP contribution in [0.5, 0.6) is 5.75 Å². The van der Waals surface area contributed by atoms with Crippen LogP contribution < -0.4 is 16.0 Å². The van der Waals surface area contributed by atoms with Crippen molar-refractivity contribution in [2.45, 2.75) is 18.8 Å². The molecule has 1 heterocycles. The third-order valence-electron chi connectivity index (χ3n) is 3.24. The molecule has 5 heteroatoms. The molecule has 1 fully saturated rings. The van der Waals surface area contributed by atoms with Gasteiger partial charge >= 0.3 is 0 Å². The molecule has 5 nitrogen and oxygen atoms in total. The highest BCUT2D eigenvalue weighted by atomic mass is 16.5. The van der Waals surface area contributed by atoms with Gasteiger partial charge in [-0.15, -0.1) is 0 Å². The third-order valence-corrected chi connectivity index (χ3v) is 3.24. The molecule has 98 valence electrons. The largest absolute Gasteiger partial charge is 0.496 e. The van der Waals surface area contributed by atoms with Crippen LogP contribution in [0.15, 0.2) is 30.3 Å². The molecule has 1 aromatic carbocycles. The first-order valence-electron chi connectivity index (χ1n) is 6.31. The number of nitrogens with two attached hydrogens (primary N) is 1. The molecule has 1 saturated carbocycles. The van der Waals surface area contributed by atoms with Gasteiger partial charge in [0.1, 0.15) is 11.6 Å². The maximum Gasteiger partial charge on any atom is 0.165 e. The third kappa shape index (κ3) is 2.37. The highest BCUT2D eigenvalue weighted by Gasteiger charge is 2.26. The SMILES string of the molecule is COc1ccccc1-c1nc(NN)cc(C2CC2)n1. The van der Waals surface area contributed by atoms with Crippen LogP contribution >= 0.6 is 0 Å². The van der Waals surface area contributed by atoms with Gasteiger partial charge in [-0.2, -0.15) is 0 Å². The van der Waals surface area contributed by atoms with Gasteiger partial charge in [-0.05, 0) is 25.0 Å². The van der Waals surface area contributed by atoms with Crippen molar-refractivity contribution in [1.29, 1.82) is 0 Å². The molecule has 0 aliphatic heterocycles. The topological polar surface area (TPSA) is 73.1 Å². The highest BCUT2D eigenvalue weighted by Crippen LogP contribution is 2.40. The fourth-order valence-corrected chi connectivity index (χ4v) is 2.08. The maximum atomic E-state index is 5.49. The Labute approximate surface area is 111 Å². The molecule has 0 unspecified atom stereocenters. The number of ether oxygens (including phenoxy) is 1. The molecule has 0 radical (unpaired) electrons. The Balaban J connectivity index is 2.10. The maximum absolute atomic E-state index is 5.49. The van der Waals surface area contributed by atoms with E-state index in [0.29, 0.717) is 17.6 Å². The predicted molar refractivity (Wildman–Crippen MR) is 73.8 cm³/mol. The Morgan fingerprint density at radius 1 is 1.26 bits per heavy atom. The summed E-state index contributed by atoms with van der Waals surface area (Å²) in [4.78, 5) is 9.05. The van der Waals surface area contributed by atoms with Crippen molar-refractivity contribution in [3.05, 3.63) is 36.0 Å². The van der Waals surface area contributed by atoms with Gasteiger partial charge in [-0.3, -0.25) is 0 Å². The van der Waals surface area contributed by atoms with E-state index < -0.39 is 0 Å². The zero-order valence-electron chi connectivity index (χ0n) is 10.8. The first-order valence-corrected chi connectivity index (χ1v) is 6.31. The lowest BCUT2D eigenvalue weighted by Gasteiger charge is -2.10. The van der Waals surface area contributed by atoms with Crippen molar-refractivity contribution < 1.29 is 4.74 Å². The minimum atomic E-state index is 0.545.